The van der Waals surface area contributed by atoms with Crippen LogP contribution in [0.3, 0.4) is 0 Å². The number of rotatable bonds is 3. The van der Waals surface area contributed by atoms with Crippen LogP contribution in [0.25, 0.3) is 0 Å². The van der Waals surface area contributed by atoms with Crippen molar-refractivity contribution in [2.24, 2.45) is 0 Å². The van der Waals surface area contributed by atoms with Crippen molar-refractivity contribution in [3.8, 4) is 0 Å². The van der Waals surface area contributed by atoms with Gasteiger partial charge in [0.1, 0.15) is 0 Å². The van der Waals surface area contributed by atoms with E-state index < -0.39 is 5.60 Å². The summed E-state index contributed by atoms with van der Waals surface area (Å²) in [5.74, 6) is 0. The van der Waals surface area contributed by atoms with Crippen LogP contribution < -0.4 is 5.32 Å². The highest BCUT2D eigenvalue weighted by Crippen LogP contribution is 2.22. The molecule has 3 N–H and O–H groups in total. The predicted octanol–water partition coefficient (Wildman–Crippen LogP) is 0.0309. The number of aliphatic hydroxyl groups is 2. The summed E-state index contributed by atoms with van der Waals surface area (Å²) in [6.07, 6.45) is 4.16. The summed E-state index contributed by atoms with van der Waals surface area (Å²) < 4.78 is 5.22. The minimum absolute atomic E-state index is 0.178. The Morgan fingerprint density at radius 3 is 2.60 bits per heavy atom. The van der Waals surface area contributed by atoms with E-state index in [1.165, 1.54) is 0 Å². The Kier molecular flexibility index (Phi) is 3.61. The third-order valence-corrected chi connectivity index (χ3v) is 3.60. The Balaban J connectivity index is 1.76. The first-order chi connectivity index (χ1) is 7.20. The molecule has 0 aromatic rings. The quantitative estimate of drug-likeness (QED) is 0.621. The molecule has 2 fully saturated rings. The van der Waals surface area contributed by atoms with Crippen molar-refractivity contribution in [2.45, 2.75) is 49.9 Å². The van der Waals surface area contributed by atoms with Crippen molar-refractivity contribution in [3.63, 3.8) is 0 Å². The molecule has 0 aromatic carbocycles. The average Bonchev–Trinajstić information content (AvgIpc) is 2.62. The van der Waals surface area contributed by atoms with Gasteiger partial charge < -0.3 is 20.3 Å². The Bertz CT molecular complexity index is 204. The Hall–Kier alpha value is -0.160. The summed E-state index contributed by atoms with van der Waals surface area (Å²) in [4.78, 5) is 0. The maximum absolute atomic E-state index is 10.2. The van der Waals surface area contributed by atoms with Gasteiger partial charge in [-0.25, -0.2) is 0 Å². The van der Waals surface area contributed by atoms with E-state index in [2.05, 4.69) is 5.32 Å². The van der Waals surface area contributed by atoms with Gasteiger partial charge in [-0.1, -0.05) is 0 Å². The normalized spacial score (nSPS) is 35.6. The summed E-state index contributed by atoms with van der Waals surface area (Å²) in [6, 6.07) is 0.178. The standard InChI is InChI=1S/C11H21NO3/c13-10-3-1-2-9(10)12-8-11(14)4-6-15-7-5-11/h9-10,12-14H,1-8H2/t9-,10-/m0/s1. The summed E-state index contributed by atoms with van der Waals surface area (Å²) >= 11 is 0. The van der Waals surface area contributed by atoms with Crippen LogP contribution in [0.15, 0.2) is 0 Å². The van der Waals surface area contributed by atoms with Gasteiger partial charge in [-0.3, -0.25) is 0 Å². The maximum atomic E-state index is 10.2. The minimum atomic E-state index is -0.624. The van der Waals surface area contributed by atoms with E-state index in [0.717, 1.165) is 19.3 Å². The second-order valence-corrected chi connectivity index (χ2v) is 4.82. The largest absolute Gasteiger partial charge is 0.392 e. The fourth-order valence-electron chi connectivity index (χ4n) is 2.43. The van der Waals surface area contributed by atoms with Gasteiger partial charge in [0, 0.05) is 38.6 Å². The zero-order valence-electron chi connectivity index (χ0n) is 9.11. The number of hydrogen-bond donors (Lipinski definition) is 3. The van der Waals surface area contributed by atoms with Crippen LogP contribution in [0.5, 0.6) is 0 Å². The highest BCUT2D eigenvalue weighted by atomic mass is 16.5. The summed E-state index contributed by atoms with van der Waals surface area (Å²) in [7, 11) is 0. The molecule has 1 aliphatic carbocycles. The highest BCUT2D eigenvalue weighted by Gasteiger charge is 2.32. The zero-order chi connectivity index (χ0) is 10.7. The molecule has 1 saturated heterocycles. The van der Waals surface area contributed by atoms with Gasteiger partial charge in [-0.15, -0.1) is 0 Å². The van der Waals surface area contributed by atoms with Crippen LogP contribution in [0.1, 0.15) is 32.1 Å². The van der Waals surface area contributed by atoms with Crippen LogP contribution >= 0.6 is 0 Å². The molecule has 2 atom stereocenters. The lowest BCUT2D eigenvalue weighted by Crippen LogP contribution is -2.49. The second kappa shape index (κ2) is 4.78. The molecule has 0 unspecified atom stereocenters. The van der Waals surface area contributed by atoms with E-state index in [-0.39, 0.29) is 12.1 Å². The van der Waals surface area contributed by atoms with Crippen LogP contribution in [0.4, 0.5) is 0 Å². The van der Waals surface area contributed by atoms with Gasteiger partial charge in [0.25, 0.3) is 0 Å². The van der Waals surface area contributed by atoms with Crippen molar-refractivity contribution in [1.82, 2.24) is 5.32 Å². The van der Waals surface area contributed by atoms with Crippen molar-refractivity contribution < 1.29 is 14.9 Å². The molecule has 1 saturated carbocycles. The molecule has 4 heteroatoms. The van der Waals surface area contributed by atoms with Gasteiger partial charge in [0.2, 0.25) is 0 Å². The summed E-state index contributed by atoms with van der Waals surface area (Å²) in [5, 5.41) is 23.1. The third-order valence-electron chi connectivity index (χ3n) is 3.60. The number of hydrogen-bond acceptors (Lipinski definition) is 4. The molecule has 0 aromatic heterocycles. The SMILES string of the molecule is O[C@H]1CCC[C@@H]1NCC1(O)CCOCC1. The van der Waals surface area contributed by atoms with Gasteiger partial charge in [-0.2, -0.15) is 0 Å². The van der Waals surface area contributed by atoms with Crippen LogP contribution in [-0.4, -0.2) is 47.7 Å². The lowest BCUT2D eigenvalue weighted by atomic mass is 9.94. The van der Waals surface area contributed by atoms with E-state index in [1.54, 1.807) is 0 Å². The van der Waals surface area contributed by atoms with E-state index in [0.29, 0.717) is 32.6 Å². The van der Waals surface area contributed by atoms with Gasteiger partial charge in [0.15, 0.2) is 0 Å². The Morgan fingerprint density at radius 2 is 2.00 bits per heavy atom. The molecule has 15 heavy (non-hydrogen) atoms. The minimum Gasteiger partial charge on any atom is -0.392 e. The number of nitrogens with one attached hydrogen (secondary N) is 1. The van der Waals surface area contributed by atoms with Crippen molar-refractivity contribution in [3.05, 3.63) is 0 Å². The lowest BCUT2D eigenvalue weighted by molar-refractivity contribution is -0.0640. The summed E-state index contributed by atoms with van der Waals surface area (Å²) in [5.41, 5.74) is -0.624. The Morgan fingerprint density at radius 1 is 1.27 bits per heavy atom. The van der Waals surface area contributed by atoms with E-state index in [1.807, 2.05) is 0 Å². The maximum Gasteiger partial charge on any atom is 0.0815 e. The topological polar surface area (TPSA) is 61.7 Å². The monoisotopic (exact) mass is 215 g/mol. The average molecular weight is 215 g/mol. The fourth-order valence-corrected chi connectivity index (χ4v) is 2.43. The van der Waals surface area contributed by atoms with E-state index in [4.69, 9.17) is 4.74 Å². The lowest BCUT2D eigenvalue weighted by Gasteiger charge is -2.33. The third kappa shape index (κ3) is 2.91. The molecule has 1 aliphatic heterocycles. The van der Waals surface area contributed by atoms with Crippen LogP contribution in [0.2, 0.25) is 0 Å². The first kappa shape index (κ1) is 11.3. The van der Waals surface area contributed by atoms with E-state index >= 15 is 0 Å². The zero-order valence-corrected chi connectivity index (χ0v) is 9.11. The Labute approximate surface area is 90.6 Å². The molecule has 4 nitrogen and oxygen atoms in total. The molecule has 0 radical (unpaired) electrons. The molecule has 2 rings (SSSR count). The first-order valence-corrected chi connectivity index (χ1v) is 5.91. The van der Waals surface area contributed by atoms with Crippen LogP contribution in [-0.2, 0) is 4.74 Å². The predicted molar refractivity (Wildman–Crippen MR) is 56.7 cm³/mol. The smallest absolute Gasteiger partial charge is 0.0815 e. The van der Waals surface area contributed by atoms with Crippen LogP contribution in [0, 0.1) is 0 Å². The van der Waals surface area contributed by atoms with Crippen molar-refractivity contribution >= 4 is 0 Å². The molecule has 0 bridgehead atoms. The summed E-state index contributed by atoms with van der Waals surface area (Å²) in [6.45, 7) is 1.87. The number of ether oxygens (including phenoxy) is 1. The molecule has 0 amide bonds. The number of aliphatic hydroxyl groups excluding tert-OH is 1. The van der Waals surface area contributed by atoms with Gasteiger partial charge in [-0.05, 0) is 19.3 Å². The first-order valence-electron chi connectivity index (χ1n) is 5.91. The second-order valence-electron chi connectivity index (χ2n) is 4.82. The molecule has 0 spiro atoms. The fraction of sp³-hybridized carbons (Fsp3) is 1.00. The van der Waals surface area contributed by atoms with Crippen molar-refractivity contribution in [2.75, 3.05) is 19.8 Å². The van der Waals surface area contributed by atoms with Gasteiger partial charge in [0.05, 0.1) is 11.7 Å². The molecular weight excluding hydrogens is 194 g/mol. The molecule has 88 valence electrons. The highest BCUT2D eigenvalue weighted by molar-refractivity contribution is 4.89. The van der Waals surface area contributed by atoms with Crippen molar-refractivity contribution in [1.29, 1.82) is 0 Å². The van der Waals surface area contributed by atoms with E-state index in [9.17, 15) is 10.2 Å². The molecule has 2 aliphatic rings. The van der Waals surface area contributed by atoms with Gasteiger partial charge >= 0.3 is 0 Å². The molecular formula is C11H21NO3. The molecule has 1 heterocycles.